The van der Waals surface area contributed by atoms with Crippen molar-refractivity contribution in [3.05, 3.63) is 70.2 Å². The molecule has 29 heavy (non-hydrogen) atoms. The van der Waals surface area contributed by atoms with Crippen LogP contribution < -0.4 is 9.46 Å². The van der Waals surface area contributed by atoms with Crippen LogP contribution >= 0.6 is 15.9 Å². The Morgan fingerprint density at radius 2 is 1.90 bits per heavy atom. The van der Waals surface area contributed by atoms with Gasteiger partial charge >= 0.3 is 0 Å². The molecule has 0 fully saturated rings. The van der Waals surface area contributed by atoms with Gasteiger partial charge in [0.15, 0.2) is 6.10 Å². The van der Waals surface area contributed by atoms with E-state index in [0.29, 0.717) is 27.6 Å². The van der Waals surface area contributed by atoms with Crippen LogP contribution in [0.3, 0.4) is 0 Å². The monoisotopic (exact) mass is 475 g/mol. The zero-order chi connectivity index (χ0) is 20.6. The smallest absolute Gasteiger partial charge is 0.267 e. The number of amides is 1. The van der Waals surface area contributed by atoms with Crippen molar-refractivity contribution in [2.75, 3.05) is 13.7 Å². The van der Waals surface area contributed by atoms with Crippen molar-refractivity contribution in [1.82, 2.24) is 4.72 Å². The van der Waals surface area contributed by atoms with Crippen LogP contribution in [0.15, 0.2) is 64.0 Å². The topological polar surface area (TPSA) is 81.7 Å². The molecule has 1 unspecified atom stereocenters. The third-order valence-corrected chi connectivity index (χ3v) is 6.99. The molecule has 3 aromatic carbocycles. The molecule has 0 saturated carbocycles. The summed E-state index contributed by atoms with van der Waals surface area (Å²) >= 11 is 3.45. The van der Waals surface area contributed by atoms with Crippen molar-refractivity contribution >= 4 is 42.6 Å². The lowest BCUT2D eigenvalue weighted by Crippen LogP contribution is -2.38. The van der Waals surface area contributed by atoms with Gasteiger partial charge < -0.3 is 9.47 Å². The van der Waals surface area contributed by atoms with Crippen molar-refractivity contribution in [3.63, 3.8) is 0 Å². The summed E-state index contributed by atoms with van der Waals surface area (Å²) in [6.07, 6.45) is -0.495. The molecule has 6 nitrogen and oxygen atoms in total. The van der Waals surface area contributed by atoms with Crippen molar-refractivity contribution in [2.45, 2.75) is 17.4 Å². The maximum Gasteiger partial charge on any atom is 0.267 e. The molecule has 8 heteroatoms. The highest BCUT2D eigenvalue weighted by Crippen LogP contribution is 2.38. The van der Waals surface area contributed by atoms with Crippen LogP contribution in [0.1, 0.15) is 17.2 Å². The van der Waals surface area contributed by atoms with E-state index in [1.807, 2.05) is 18.2 Å². The van der Waals surface area contributed by atoms with Gasteiger partial charge in [0.25, 0.3) is 15.9 Å². The largest absolute Gasteiger partial charge is 0.496 e. The summed E-state index contributed by atoms with van der Waals surface area (Å²) in [5, 5.41) is 1.32. The fourth-order valence-electron chi connectivity index (χ4n) is 3.59. The third-order valence-electron chi connectivity index (χ3n) is 4.89. The van der Waals surface area contributed by atoms with Crippen LogP contribution in [0.2, 0.25) is 0 Å². The summed E-state index contributed by atoms with van der Waals surface area (Å²) in [4.78, 5) is 13.0. The van der Waals surface area contributed by atoms with Gasteiger partial charge in [0, 0.05) is 21.0 Å². The highest BCUT2D eigenvalue weighted by atomic mass is 79.9. The van der Waals surface area contributed by atoms with Crippen molar-refractivity contribution < 1.29 is 22.7 Å². The van der Waals surface area contributed by atoms with E-state index in [4.69, 9.17) is 9.47 Å². The Labute approximate surface area is 177 Å². The summed E-state index contributed by atoms with van der Waals surface area (Å²) in [6.45, 7) is 0.284. The number of rotatable bonds is 4. The van der Waals surface area contributed by atoms with Gasteiger partial charge in [-0.05, 0) is 30.0 Å². The molecule has 0 saturated heterocycles. The molecule has 1 amide bonds. The lowest BCUT2D eigenvalue weighted by Gasteiger charge is -2.27. The minimum absolute atomic E-state index is 0.0460. The maximum absolute atomic E-state index is 13.0. The fourth-order valence-corrected chi connectivity index (χ4v) is 5.38. The molecule has 1 heterocycles. The fraction of sp³-hybridized carbons (Fsp3) is 0.190. The Kier molecular flexibility index (Phi) is 5.33. The summed E-state index contributed by atoms with van der Waals surface area (Å²) in [5.41, 5.74) is 1.41. The summed E-state index contributed by atoms with van der Waals surface area (Å²) < 4.78 is 39.9. The third kappa shape index (κ3) is 3.63. The normalized spacial score (nSPS) is 16.3. The Bertz CT molecular complexity index is 1200. The van der Waals surface area contributed by atoms with E-state index in [1.54, 1.807) is 37.4 Å². The van der Waals surface area contributed by atoms with Crippen LogP contribution in [0.5, 0.6) is 5.75 Å². The van der Waals surface area contributed by atoms with Gasteiger partial charge in [-0.15, -0.1) is 0 Å². The van der Waals surface area contributed by atoms with Crippen LogP contribution in [-0.2, 0) is 26.0 Å². The highest BCUT2D eigenvalue weighted by molar-refractivity contribution is 9.10. The SMILES string of the molecule is COc1ccc(Br)c2c1CCOC2C(=O)NS(=O)(=O)c1cccc2ccccc12. The molecule has 1 aliphatic rings. The molecular weight excluding hydrogens is 458 g/mol. The number of methoxy groups -OCH3 is 1. The molecule has 0 radical (unpaired) electrons. The number of benzene rings is 3. The predicted octanol–water partition coefficient (Wildman–Crippen LogP) is 3.73. The van der Waals surface area contributed by atoms with Crippen LogP contribution in [0, 0.1) is 0 Å². The van der Waals surface area contributed by atoms with Crippen LogP contribution in [0.4, 0.5) is 0 Å². The lowest BCUT2D eigenvalue weighted by molar-refractivity contribution is -0.132. The number of halogens is 1. The van der Waals surface area contributed by atoms with Gasteiger partial charge in [-0.1, -0.05) is 52.3 Å². The molecule has 3 aromatic rings. The van der Waals surface area contributed by atoms with Crippen LogP contribution in [0.25, 0.3) is 10.8 Å². The second-order valence-corrected chi connectivity index (χ2v) is 9.09. The standard InChI is InChI=1S/C21H18BrNO5S/c1-27-17-10-9-16(22)19-15(17)11-12-28-20(19)21(24)23-29(25,26)18-8-4-6-13-5-2-3-7-14(13)18/h2-10,20H,11-12H2,1H3,(H,23,24). The number of ether oxygens (including phenoxy) is 2. The Morgan fingerprint density at radius 1 is 1.14 bits per heavy atom. The van der Waals surface area contributed by atoms with E-state index in [0.717, 1.165) is 10.9 Å². The molecule has 1 N–H and O–H groups in total. The number of carbonyl (C=O) groups excluding carboxylic acids is 1. The quantitative estimate of drug-likeness (QED) is 0.621. The van der Waals surface area contributed by atoms with Gasteiger partial charge in [0.2, 0.25) is 0 Å². The molecule has 0 aromatic heterocycles. The minimum atomic E-state index is -4.09. The van der Waals surface area contributed by atoms with Crippen LogP contribution in [-0.4, -0.2) is 28.0 Å². The first-order valence-electron chi connectivity index (χ1n) is 8.93. The second-order valence-electron chi connectivity index (χ2n) is 6.59. The van der Waals surface area contributed by atoms with Gasteiger partial charge in [0.05, 0.1) is 18.6 Å². The second kappa shape index (κ2) is 7.78. The number of nitrogens with one attached hydrogen (secondary N) is 1. The molecule has 1 atom stereocenters. The summed E-state index contributed by atoms with van der Waals surface area (Å²) in [6, 6.07) is 15.6. The van der Waals surface area contributed by atoms with Gasteiger partial charge in [-0.25, -0.2) is 13.1 Å². The van der Waals surface area contributed by atoms with E-state index in [9.17, 15) is 13.2 Å². The maximum atomic E-state index is 13.0. The van der Waals surface area contributed by atoms with E-state index in [-0.39, 0.29) is 11.5 Å². The van der Waals surface area contributed by atoms with Crippen molar-refractivity contribution in [3.8, 4) is 5.75 Å². The first kappa shape index (κ1) is 19.9. The Hall–Kier alpha value is -2.42. The molecular formula is C21H18BrNO5S. The zero-order valence-electron chi connectivity index (χ0n) is 15.5. The molecule has 0 bridgehead atoms. The van der Waals surface area contributed by atoms with E-state index in [1.165, 1.54) is 6.07 Å². The number of fused-ring (bicyclic) bond motifs is 2. The van der Waals surface area contributed by atoms with E-state index < -0.39 is 22.0 Å². The average molecular weight is 476 g/mol. The highest BCUT2D eigenvalue weighted by Gasteiger charge is 2.34. The van der Waals surface area contributed by atoms with Crippen molar-refractivity contribution in [1.29, 1.82) is 0 Å². The minimum Gasteiger partial charge on any atom is -0.496 e. The number of hydrogen-bond acceptors (Lipinski definition) is 5. The number of hydrogen-bond donors (Lipinski definition) is 1. The van der Waals surface area contributed by atoms with Crippen molar-refractivity contribution in [2.24, 2.45) is 0 Å². The predicted molar refractivity (Wildman–Crippen MR) is 112 cm³/mol. The van der Waals surface area contributed by atoms with Gasteiger partial charge in [-0.3, -0.25) is 4.79 Å². The first-order valence-corrected chi connectivity index (χ1v) is 11.2. The molecule has 1 aliphatic heterocycles. The first-order chi connectivity index (χ1) is 13.9. The molecule has 0 spiro atoms. The zero-order valence-corrected chi connectivity index (χ0v) is 17.9. The Morgan fingerprint density at radius 3 is 2.69 bits per heavy atom. The number of sulfonamides is 1. The van der Waals surface area contributed by atoms with Gasteiger partial charge in [0.1, 0.15) is 5.75 Å². The molecule has 4 rings (SSSR count). The Balaban J connectivity index is 1.71. The summed E-state index contributed by atoms with van der Waals surface area (Å²) in [5.74, 6) is -0.103. The lowest BCUT2D eigenvalue weighted by atomic mass is 9.96. The average Bonchev–Trinajstić information content (AvgIpc) is 2.73. The summed E-state index contributed by atoms with van der Waals surface area (Å²) in [7, 11) is -2.54. The van der Waals surface area contributed by atoms with E-state index >= 15 is 0 Å². The number of carbonyl (C=O) groups is 1. The molecule has 0 aliphatic carbocycles. The van der Waals surface area contributed by atoms with Gasteiger partial charge in [-0.2, -0.15) is 0 Å². The molecule has 150 valence electrons. The van der Waals surface area contributed by atoms with E-state index in [2.05, 4.69) is 20.7 Å².